The van der Waals surface area contributed by atoms with E-state index < -0.39 is 157 Å². The van der Waals surface area contributed by atoms with Crippen molar-refractivity contribution in [1.29, 1.82) is 0 Å². The highest BCUT2D eigenvalue weighted by Gasteiger charge is 2.33. The Bertz CT molecular complexity index is 3010. The Balaban J connectivity index is 0.0000551. The van der Waals surface area contributed by atoms with Crippen molar-refractivity contribution in [3.63, 3.8) is 0 Å². The molecule has 0 aliphatic heterocycles. The minimum atomic E-state index is -1.50. The molecule has 0 aliphatic carbocycles. The molecule has 2 aromatic carbocycles. The van der Waals surface area contributed by atoms with Gasteiger partial charge in [0.2, 0.25) is 47.3 Å². The first kappa shape index (κ1) is 93.8. The Morgan fingerprint density at radius 3 is 1.41 bits per heavy atom. The van der Waals surface area contributed by atoms with Crippen LogP contribution in [0.5, 0.6) is 0 Å². The minimum Gasteiger partial charge on any atom is -0.466 e. The van der Waals surface area contributed by atoms with Crippen LogP contribution in [0.2, 0.25) is 0 Å². The third kappa shape index (κ3) is 45.6. The van der Waals surface area contributed by atoms with Crippen LogP contribution in [0.4, 0.5) is 4.79 Å². The first-order valence-electron chi connectivity index (χ1n) is 35.7. The predicted molar refractivity (Wildman–Crippen MR) is 386 cm³/mol. The van der Waals surface area contributed by atoms with E-state index in [2.05, 4.69) is 47.9 Å². The number of hydrogen-bond acceptors (Lipinski definition) is 22. The van der Waals surface area contributed by atoms with E-state index in [-0.39, 0.29) is 124 Å². The quantitative estimate of drug-likeness (QED) is 0.0243. The number of amides is 9. The summed E-state index contributed by atoms with van der Waals surface area (Å²) in [6, 6.07) is 9.75. The summed E-state index contributed by atoms with van der Waals surface area (Å²) in [4.78, 5) is 186. The molecule has 9 amide bonds. The lowest BCUT2D eigenvalue weighted by Crippen LogP contribution is -2.56. The van der Waals surface area contributed by atoms with Gasteiger partial charge in [0.1, 0.15) is 67.2 Å². The van der Waals surface area contributed by atoms with Crippen molar-refractivity contribution in [3.05, 3.63) is 71.8 Å². The number of rotatable bonds is 51. The van der Waals surface area contributed by atoms with Crippen LogP contribution in [0, 0.1) is 5.92 Å². The molecule has 105 heavy (non-hydrogen) atoms. The number of alkyl carbamates (subject to hydrolysis) is 1. The number of unbranched alkanes of at least 4 members (excludes halogenated alkanes) is 3. The summed E-state index contributed by atoms with van der Waals surface area (Å²) in [5, 5.41) is 23.0. The molecule has 590 valence electrons. The largest absolute Gasteiger partial charge is 0.466 e. The molecule has 31 nitrogen and oxygen atoms in total. The zero-order chi connectivity index (χ0) is 77.5. The number of carbonyl (C=O) groups is 14. The molecule has 0 spiro atoms. The van der Waals surface area contributed by atoms with Crippen LogP contribution in [0.1, 0.15) is 191 Å². The summed E-state index contributed by atoms with van der Waals surface area (Å²) in [7, 11) is 0. The molecule has 0 aliphatic rings. The zero-order valence-electron chi connectivity index (χ0n) is 62.4. The maximum Gasteiger partial charge on any atom is 0.408 e. The molecular weight excluding hydrogens is 1370 g/mol. The van der Waals surface area contributed by atoms with Crippen LogP contribution in [0.3, 0.4) is 0 Å². The second-order valence-electron chi connectivity index (χ2n) is 27.0. The van der Waals surface area contributed by atoms with Crippen LogP contribution in [-0.2, 0) is 113 Å². The van der Waals surface area contributed by atoms with Gasteiger partial charge >= 0.3 is 35.9 Å². The molecule has 6 unspecified atom stereocenters. The Labute approximate surface area is 617 Å². The lowest BCUT2D eigenvalue weighted by Gasteiger charge is -2.25. The van der Waals surface area contributed by atoms with E-state index in [1.165, 1.54) is 0 Å². The summed E-state index contributed by atoms with van der Waals surface area (Å²) in [5.41, 5.74) is -0.420. The molecule has 31 heteroatoms. The molecule has 9 N–H and O–H groups in total. The van der Waals surface area contributed by atoms with E-state index in [4.69, 9.17) is 37.9 Å². The fourth-order valence-electron chi connectivity index (χ4n) is 9.30. The van der Waals surface area contributed by atoms with E-state index in [0.717, 1.165) is 12.0 Å². The highest BCUT2D eigenvalue weighted by Crippen LogP contribution is 2.15. The Kier molecular flexibility index (Phi) is 47.0. The van der Waals surface area contributed by atoms with Gasteiger partial charge in [-0.05, 0) is 110 Å². The van der Waals surface area contributed by atoms with Gasteiger partial charge in [0.05, 0.1) is 46.2 Å². The number of carbonyl (C=O) groups excluding carboxylic acids is 14. The molecule has 2 aromatic rings. The number of benzene rings is 2. The number of nitrogens with one attached hydrogen (secondary N) is 9. The van der Waals surface area contributed by atoms with Crippen molar-refractivity contribution in [2.45, 2.75) is 240 Å². The van der Waals surface area contributed by atoms with Gasteiger partial charge in [-0.2, -0.15) is 0 Å². The minimum absolute atomic E-state index is 0. The zero-order valence-corrected chi connectivity index (χ0v) is 62.4. The molecule has 0 aromatic heterocycles. The van der Waals surface area contributed by atoms with Gasteiger partial charge in [-0.25, -0.2) is 19.2 Å². The van der Waals surface area contributed by atoms with Gasteiger partial charge in [-0.1, -0.05) is 122 Å². The highest BCUT2D eigenvalue weighted by atomic mass is 16.6. The third-order valence-corrected chi connectivity index (χ3v) is 14.6. The van der Waals surface area contributed by atoms with Crippen molar-refractivity contribution < 1.29 is 105 Å². The summed E-state index contributed by atoms with van der Waals surface area (Å²) in [6.07, 6.45) is 0.890. The lowest BCUT2D eigenvalue weighted by atomic mass is 10.0. The normalized spacial score (nSPS) is 12.8. The molecule has 6 atom stereocenters. The molecule has 2 rings (SSSR count). The lowest BCUT2D eigenvalue weighted by molar-refractivity contribution is -0.159. The number of esters is 5. The second-order valence-corrected chi connectivity index (χ2v) is 27.0. The molecule has 0 heterocycles. The topological polar surface area (TPSA) is 421 Å². The van der Waals surface area contributed by atoms with Crippen molar-refractivity contribution in [2.24, 2.45) is 5.92 Å². The SMILES string of the molecule is C.CCCCOC(=O)CCC(NC(=O)CCC(NC(=O)COCCOCCNC(=O)CCC(NC(=O)CNC(=O)C(CC(C)C)NC(=O)C(Cc1ccccc1)NC(=O)CNC(=O)OC(C)(C)C)C(=O)OC(C)(C)C)C(=O)NC(CCC(=O)OCc1ccccc1)C(=O)OCCCC)C(=O)OCCCC. The second kappa shape index (κ2) is 52.7. The fraction of sp³-hybridized carbons (Fsp3) is 0.649. The van der Waals surface area contributed by atoms with Crippen molar-refractivity contribution in [1.82, 2.24) is 47.9 Å². The van der Waals surface area contributed by atoms with Crippen LogP contribution in [-0.4, -0.2) is 197 Å². The fourth-order valence-corrected chi connectivity index (χ4v) is 9.30. The maximum absolute atomic E-state index is 14.1. The van der Waals surface area contributed by atoms with Crippen LogP contribution < -0.4 is 47.9 Å². The standard InChI is InChI=1S/C73H113N9O22.CH4/c1-12-15-37-99-63(88)34-30-53(68(93)100-38-16-13-2)78-59(84)33-28-52(66(91)81-54(69(94)101-39-17-14-3)31-35-64(89)102-47-51-26-22-19-23-27-51)77-62(87)48-98-42-41-97-40-36-74-58(83)32-29-55(70(95)103-72(6,7)8)79-60(85)45-75-65(90)56(43-49(4)5)82-67(92)57(44-50-24-20-18-21-25-50)80-61(86)46-76-71(96)104-73(9,10)11;/h18-27,49,52-57H,12-17,28-48H2,1-11H3,(H,74,83)(H,75,90)(H,76,96)(H,77,87)(H,78,84)(H,79,85)(H,80,86)(H,81,91)(H,82,92);1H4. The summed E-state index contributed by atoms with van der Waals surface area (Å²) >= 11 is 0. The first-order valence-corrected chi connectivity index (χ1v) is 35.7. The van der Waals surface area contributed by atoms with E-state index in [9.17, 15) is 67.1 Å². The average Bonchev–Trinajstić information content (AvgIpc) is 0.867. The van der Waals surface area contributed by atoms with Crippen molar-refractivity contribution >= 4 is 83.2 Å². The van der Waals surface area contributed by atoms with E-state index in [1.807, 2.05) is 34.6 Å². The monoisotopic (exact) mass is 1480 g/mol. The van der Waals surface area contributed by atoms with Gasteiger partial charge in [-0.3, -0.25) is 47.9 Å². The molecule has 0 radical (unpaired) electrons. The van der Waals surface area contributed by atoms with Crippen LogP contribution in [0.15, 0.2) is 60.7 Å². The van der Waals surface area contributed by atoms with Crippen molar-refractivity contribution in [2.75, 3.05) is 65.9 Å². The molecule has 0 fully saturated rings. The smallest absolute Gasteiger partial charge is 0.408 e. The highest BCUT2D eigenvalue weighted by molar-refractivity contribution is 5.95. The van der Waals surface area contributed by atoms with E-state index in [0.29, 0.717) is 37.7 Å². The molecule has 0 saturated heterocycles. The Morgan fingerprint density at radius 1 is 0.400 bits per heavy atom. The summed E-state index contributed by atoms with van der Waals surface area (Å²) in [5.74, 6) is -9.92. The Morgan fingerprint density at radius 2 is 0.848 bits per heavy atom. The summed E-state index contributed by atoms with van der Waals surface area (Å²) in [6.45, 7) is 17.3. The third-order valence-electron chi connectivity index (χ3n) is 14.6. The van der Waals surface area contributed by atoms with Gasteiger partial charge < -0.3 is 85.7 Å². The van der Waals surface area contributed by atoms with Gasteiger partial charge in [0.15, 0.2) is 0 Å². The van der Waals surface area contributed by atoms with Crippen molar-refractivity contribution in [3.8, 4) is 0 Å². The first-order chi connectivity index (χ1) is 49.3. The molecular formula is C74H117N9O22. The molecule has 0 saturated carbocycles. The van der Waals surface area contributed by atoms with Crippen LogP contribution in [0.25, 0.3) is 0 Å². The van der Waals surface area contributed by atoms with E-state index >= 15 is 0 Å². The average molecular weight is 1480 g/mol. The maximum atomic E-state index is 14.1. The number of hydrogen-bond donors (Lipinski definition) is 9. The predicted octanol–water partition coefficient (Wildman–Crippen LogP) is 4.85. The van der Waals surface area contributed by atoms with Gasteiger partial charge in [0, 0.05) is 38.6 Å². The summed E-state index contributed by atoms with van der Waals surface area (Å²) < 4.78 is 43.2. The molecule has 0 bridgehead atoms. The van der Waals surface area contributed by atoms with Gasteiger partial charge in [0.25, 0.3) is 0 Å². The number of ether oxygens (including phenoxy) is 8. The Hall–Kier alpha value is -9.26. The van der Waals surface area contributed by atoms with E-state index in [1.54, 1.807) is 102 Å². The van der Waals surface area contributed by atoms with Crippen LogP contribution >= 0.6 is 0 Å². The van der Waals surface area contributed by atoms with Gasteiger partial charge in [-0.15, -0.1) is 0 Å².